The lowest BCUT2D eigenvalue weighted by Crippen LogP contribution is -2.36. The Labute approximate surface area is 122 Å². The van der Waals surface area contributed by atoms with E-state index in [0.717, 1.165) is 11.7 Å². The largest absolute Gasteiger partial charge is 0.367 e. The van der Waals surface area contributed by atoms with Gasteiger partial charge in [-0.05, 0) is 44.2 Å². The summed E-state index contributed by atoms with van der Waals surface area (Å²) in [7, 11) is 0. The number of likely N-dealkylation sites (tertiary alicyclic amines) is 1. The Hall–Kier alpha value is -1.09. The summed E-state index contributed by atoms with van der Waals surface area (Å²) < 4.78 is 0. The number of aromatic nitrogens is 1. The van der Waals surface area contributed by atoms with Gasteiger partial charge in [-0.25, -0.2) is 4.98 Å². The van der Waals surface area contributed by atoms with E-state index in [1.165, 1.54) is 50.8 Å². The minimum atomic E-state index is 0.557. The third-order valence-corrected chi connectivity index (χ3v) is 4.33. The molecule has 2 fully saturated rings. The van der Waals surface area contributed by atoms with Crippen molar-refractivity contribution in [3.05, 3.63) is 23.9 Å². The Bertz CT molecular complexity index is 440. The number of pyridine rings is 1. The van der Waals surface area contributed by atoms with E-state index in [9.17, 15) is 0 Å². The van der Waals surface area contributed by atoms with Crippen LogP contribution in [-0.4, -0.2) is 29.0 Å². The lowest BCUT2D eigenvalue weighted by atomic mass is 9.94. The van der Waals surface area contributed by atoms with Crippen LogP contribution in [0.15, 0.2) is 18.3 Å². The van der Waals surface area contributed by atoms with Crippen molar-refractivity contribution < 1.29 is 0 Å². The summed E-state index contributed by atoms with van der Waals surface area (Å²) in [4.78, 5) is 7.28. The Morgan fingerprint density at radius 1 is 1.30 bits per heavy atom. The van der Waals surface area contributed by atoms with Crippen LogP contribution in [-0.2, 0) is 0 Å². The highest BCUT2D eigenvalue weighted by Gasteiger charge is 2.29. The van der Waals surface area contributed by atoms with Gasteiger partial charge in [-0.1, -0.05) is 26.3 Å². The highest BCUT2D eigenvalue weighted by molar-refractivity contribution is 5.47. The maximum absolute atomic E-state index is 4.61. The molecule has 3 heteroatoms. The van der Waals surface area contributed by atoms with Crippen LogP contribution in [0, 0.1) is 5.92 Å². The fraction of sp³-hybridized carbons (Fsp3) is 0.706. The van der Waals surface area contributed by atoms with Gasteiger partial charge in [-0.15, -0.1) is 0 Å². The molecule has 0 aromatic carbocycles. The average molecular weight is 273 g/mol. The van der Waals surface area contributed by atoms with Crippen LogP contribution in [0.4, 0.5) is 5.82 Å². The minimum absolute atomic E-state index is 0.557. The molecule has 3 rings (SSSR count). The third kappa shape index (κ3) is 3.32. The molecular weight excluding hydrogens is 246 g/mol. The Morgan fingerprint density at radius 2 is 2.15 bits per heavy atom. The quantitative estimate of drug-likeness (QED) is 0.883. The van der Waals surface area contributed by atoms with Gasteiger partial charge in [-0.2, -0.15) is 0 Å². The molecule has 1 aromatic heterocycles. The number of anilines is 1. The molecule has 0 spiro atoms. The van der Waals surface area contributed by atoms with Gasteiger partial charge in [-0.3, -0.25) is 4.90 Å². The molecule has 3 nitrogen and oxygen atoms in total. The first-order chi connectivity index (χ1) is 9.74. The predicted molar refractivity (Wildman–Crippen MR) is 83.9 cm³/mol. The monoisotopic (exact) mass is 273 g/mol. The van der Waals surface area contributed by atoms with Gasteiger partial charge < -0.3 is 5.32 Å². The molecule has 1 unspecified atom stereocenters. The van der Waals surface area contributed by atoms with Crippen molar-refractivity contribution in [2.45, 2.75) is 58.0 Å². The van der Waals surface area contributed by atoms with E-state index in [-0.39, 0.29) is 0 Å². The van der Waals surface area contributed by atoms with Gasteiger partial charge in [0, 0.05) is 30.4 Å². The van der Waals surface area contributed by atoms with Crippen LogP contribution < -0.4 is 5.32 Å². The smallest absolute Gasteiger partial charge is 0.130 e. The van der Waals surface area contributed by atoms with Crippen LogP contribution in [0.2, 0.25) is 0 Å². The molecule has 1 aliphatic carbocycles. The second-order valence-electron chi connectivity index (χ2n) is 6.76. The van der Waals surface area contributed by atoms with Crippen LogP contribution in [0.25, 0.3) is 0 Å². The highest BCUT2D eigenvalue weighted by atomic mass is 15.2. The van der Waals surface area contributed by atoms with E-state index in [2.05, 4.69) is 41.2 Å². The van der Waals surface area contributed by atoms with Crippen LogP contribution in [0.5, 0.6) is 0 Å². The van der Waals surface area contributed by atoms with E-state index in [1.807, 2.05) is 6.20 Å². The van der Waals surface area contributed by atoms with Crippen LogP contribution in [0.3, 0.4) is 0 Å². The van der Waals surface area contributed by atoms with Gasteiger partial charge in [0.2, 0.25) is 0 Å². The molecule has 20 heavy (non-hydrogen) atoms. The normalized spacial score (nSPS) is 24.1. The highest BCUT2D eigenvalue weighted by Crippen LogP contribution is 2.36. The maximum atomic E-state index is 4.61. The molecule has 1 N–H and O–H groups in total. The fourth-order valence-electron chi connectivity index (χ4n) is 3.26. The average Bonchev–Trinajstić information content (AvgIpc) is 3.24. The molecule has 2 aliphatic rings. The zero-order valence-electron chi connectivity index (χ0n) is 12.8. The molecule has 1 atom stereocenters. The second-order valence-corrected chi connectivity index (χ2v) is 6.76. The molecular formula is C17H27N3. The van der Waals surface area contributed by atoms with Crippen molar-refractivity contribution in [2.24, 2.45) is 5.92 Å². The molecule has 0 bridgehead atoms. The number of nitrogens with one attached hydrogen (secondary N) is 1. The third-order valence-electron chi connectivity index (χ3n) is 4.33. The van der Waals surface area contributed by atoms with Crippen molar-refractivity contribution in [3.63, 3.8) is 0 Å². The van der Waals surface area contributed by atoms with Gasteiger partial charge in [0.25, 0.3) is 0 Å². The number of rotatable bonds is 5. The molecule has 110 valence electrons. The Morgan fingerprint density at radius 3 is 2.90 bits per heavy atom. The zero-order chi connectivity index (χ0) is 13.9. The lowest BCUT2D eigenvalue weighted by Gasteiger charge is -2.37. The lowest BCUT2D eigenvalue weighted by molar-refractivity contribution is 0.132. The number of hydrogen-bond donors (Lipinski definition) is 1. The van der Waals surface area contributed by atoms with Crippen molar-refractivity contribution in [2.75, 3.05) is 18.4 Å². The van der Waals surface area contributed by atoms with Gasteiger partial charge >= 0.3 is 0 Å². The van der Waals surface area contributed by atoms with Crippen molar-refractivity contribution >= 4 is 5.82 Å². The van der Waals surface area contributed by atoms with E-state index >= 15 is 0 Å². The summed E-state index contributed by atoms with van der Waals surface area (Å²) >= 11 is 0. The summed E-state index contributed by atoms with van der Waals surface area (Å²) in [5.74, 6) is 1.86. The first kappa shape index (κ1) is 13.9. The molecule has 2 heterocycles. The molecule has 1 saturated carbocycles. The fourth-order valence-corrected chi connectivity index (χ4v) is 3.26. The SMILES string of the molecule is CC(C)CN1CCCCC1c1cccnc1NC1CC1. The minimum Gasteiger partial charge on any atom is -0.367 e. The van der Waals surface area contributed by atoms with E-state index in [4.69, 9.17) is 0 Å². The first-order valence-electron chi connectivity index (χ1n) is 8.19. The Balaban J connectivity index is 1.81. The first-order valence-corrected chi connectivity index (χ1v) is 8.19. The Kier molecular flexibility index (Phi) is 4.25. The second kappa shape index (κ2) is 6.13. The molecule has 1 aromatic rings. The summed E-state index contributed by atoms with van der Waals surface area (Å²) in [6, 6.07) is 5.60. The van der Waals surface area contributed by atoms with E-state index < -0.39 is 0 Å². The summed E-state index contributed by atoms with van der Waals surface area (Å²) in [6.07, 6.45) is 8.49. The van der Waals surface area contributed by atoms with Gasteiger partial charge in [0.15, 0.2) is 0 Å². The van der Waals surface area contributed by atoms with Crippen molar-refractivity contribution in [1.29, 1.82) is 0 Å². The molecule has 1 saturated heterocycles. The van der Waals surface area contributed by atoms with Crippen molar-refractivity contribution in [1.82, 2.24) is 9.88 Å². The number of hydrogen-bond acceptors (Lipinski definition) is 3. The van der Waals surface area contributed by atoms with Gasteiger partial charge in [0.1, 0.15) is 5.82 Å². The molecule has 0 amide bonds. The number of nitrogens with zero attached hydrogens (tertiary/aromatic N) is 2. The van der Waals surface area contributed by atoms with Gasteiger partial charge in [0.05, 0.1) is 0 Å². The van der Waals surface area contributed by atoms with E-state index in [1.54, 1.807) is 0 Å². The summed E-state index contributed by atoms with van der Waals surface area (Å²) in [6.45, 7) is 7.07. The number of piperidine rings is 1. The van der Waals surface area contributed by atoms with Crippen LogP contribution >= 0.6 is 0 Å². The molecule has 0 radical (unpaired) electrons. The topological polar surface area (TPSA) is 28.2 Å². The molecule has 1 aliphatic heterocycles. The maximum Gasteiger partial charge on any atom is 0.130 e. The van der Waals surface area contributed by atoms with E-state index in [0.29, 0.717) is 12.1 Å². The predicted octanol–water partition coefficient (Wildman–Crippen LogP) is 3.84. The van der Waals surface area contributed by atoms with Crippen LogP contribution in [0.1, 0.15) is 57.6 Å². The summed E-state index contributed by atoms with van der Waals surface area (Å²) in [5.41, 5.74) is 1.42. The zero-order valence-corrected chi connectivity index (χ0v) is 12.8. The van der Waals surface area contributed by atoms with Crippen molar-refractivity contribution in [3.8, 4) is 0 Å². The summed E-state index contributed by atoms with van der Waals surface area (Å²) in [5, 5.41) is 3.62. The standard InChI is InChI=1S/C17H27N3/c1-13(2)12-20-11-4-3-7-16(20)15-6-5-10-18-17(15)19-14-8-9-14/h5-6,10,13-14,16H,3-4,7-9,11-12H2,1-2H3,(H,18,19).